The normalized spacial score (nSPS) is 10.3. The first-order valence-corrected chi connectivity index (χ1v) is 5.38. The van der Waals surface area contributed by atoms with Gasteiger partial charge in [0, 0.05) is 5.02 Å². The van der Waals surface area contributed by atoms with Crippen LogP contribution in [0.3, 0.4) is 0 Å². The van der Waals surface area contributed by atoms with Gasteiger partial charge in [-0.1, -0.05) is 47.5 Å². The van der Waals surface area contributed by atoms with E-state index in [0.717, 1.165) is 5.02 Å². The Bertz CT molecular complexity index is 486. The standard InChI is InChI=1S/C14H13Cl/c1-10-4-3-5-12(8-10)14-9-13(15)7-6-11(14)2/h3-9H,1-2H3. The van der Waals surface area contributed by atoms with Crippen LogP contribution in [0, 0.1) is 13.8 Å². The fourth-order valence-corrected chi connectivity index (χ4v) is 1.89. The summed E-state index contributed by atoms with van der Waals surface area (Å²) in [4.78, 5) is 0. The molecule has 15 heavy (non-hydrogen) atoms. The average molecular weight is 217 g/mol. The zero-order valence-electron chi connectivity index (χ0n) is 8.92. The van der Waals surface area contributed by atoms with E-state index in [2.05, 4.69) is 44.2 Å². The lowest BCUT2D eigenvalue weighted by Crippen LogP contribution is -1.83. The van der Waals surface area contributed by atoms with E-state index in [-0.39, 0.29) is 0 Å². The monoisotopic (exact) mass is 216 g/mol. The molecule has 0 aromatic heterocycles. The van der Waals surface area contributed by atoms with Gasteiger partial charge in [-0.3, -0.25) is 0 Å². The summed E-state index contributed by atoms with van der Waals surface area (Å²) in [6, 6.07) is 14.5. The van der Waals surface area contributed by atoms with Gasteiger partial charge in [-0.25, -0.2) is 0 Å². The van der Waals surface area contributed by atoms with Crippen LogP contribution >= 0.6 is 11.6 Å². The molecule has 2 aromatic rings. The third-order valence-corrected chi connectivity index (χ3v) is 2.76. The molecule has 0 aliphatic rings. The van der Waals surface area contributed by atoms with Crippen LogP contribution in [0.15, 0.2) is 42.5 Å². The first-order valence-electron chi connectivity index (χ1n) is 5.00. The molecular weight excluding hydrogens is 204 g/mol. The SMILES string of the molecule is Cc1cccc(-c2cc(Cl)ccc2C)c1. The zero-order chi connectivity index (χ0) is 10.8. The van der Waals surface area contributed by atoms with Crippen LogP contribution in [0.4, 0.5) is 0 Å². The molecule has 0 aliphatic heterocycles. The van der Waals surface area contributed by atoms with Gasteiger partial charge >= 0.3 is 0 Å². The summed E-state index contributed by atoms with van der Waals surface area (Å²) < 4.78 is 0. The van der Waals surface area contributed by atoms with Gasteiger partial charge in [0.25, 0.3) is 0 Å². The molecule has 0 radical (unpaired) electrons. The molecule has 0 atom stereocenters. The van der Waals surface area contributed by atoms with Crippen molar-refractivity contribution in [3.05, 3.63) is 58.6 Å². The van der Waals surface area contributed by atoms with Crippen LogP contribution in [-0.4, -0.2) is 0 Å². The van der Waals surface area contributed by atoms with E-state index in [1.54, 1.807) is 0 Å². The lowest BCUT2D eigenvalue weighted by atomic mass is 9.99. The summed E-state index contributed by atoms with van der Waals surface area (Å²) in [7, 11) is 0. The number of hydrogen-bond donors (Lipinski definition) is 0. The molecule has 0 aliphatic carbocycles. The Hall–Kier alpha value is -1.27. The summed E-state index contributed by atoms with van der Waals surface area (Å²) in [5.74, 6) is 0. The molecule has 0 N–H and O–H groups in total. The minimum absolute atomic E-state index is 0.789. The van der Waals surface area contributed by atoms with Crippen LogP contribution in [-0.2, 0) is 0 Å². The summed E-state index contributed by atoms with van der Waals surface area (Å²) in [5.41, 5.74) is 4.97. The van der Waals surface area contributed by atoms with Gasteiger partial charge in [0.1, 0.15) is 0 Å². The second-order valence-electron chi connectivity index (χ2n) is 3.83. The zero-order valence-corrected chi connectivity index (χ0v) is 9.68. The smallest absolute Gasteiger partial charge is 0.0412 e. The fraction of sp³-hybridized carbons (Fsp3) is 0.143. The van der Waals surface area contributed by atoms with Crippen molar-refractivity contribution in [2.75, 3.05) is 0 Å². The number of rotatable bonds is 1. The molecule has 0 spiro atoms. The van der Waals surface area contributed by atoms with Gasteiger partial charge in [0.15, 0.2) is 0 Å². The molecule has 0 saturated carbocycles. The minimum atomic E-state index is 0.789. The lowest BCUT2D eigenvalue weighted by molar-refractivity contribution is 1.43. The van der Waals surface area contributed by atoms with Crippen molar-refractivity contribution in [3.8, 4) is 11.1 Å². The highest BCUT2D eigenvalue weighted by molar-refractivity contribution is 6.30. The third kappa shape index (κ3) is 2.21. The van der Waals surface area contributed by atoms with Gasteiger partial charge in [-0.15, -0.1) is 0 Å². The second kappa shape index (κ2) is 4.08. The van der Waals surface area contributed by atoms with Crippen molar-refractivity contribution >= 4 is 11.6 Å². The molecule has 0 nitrogen and oxygen atoms in total. The molecule has 2 aromatic carbocycles. The average Bonchev–Trinajstić information content (AvgIpc) is 2.22. The minimum Gasteiger partial charge on any atom is -0.0843 e. The van der Waals surface area contributed by atoms with Gasteiger partial charge < -0.3 is 0 Å². The molecule has 0 heterocycles. The quantitative estimate of drug-likeness (QED) is 0.652. The fourth-order valence-electron chi connectivity index (χ4n) is 1.72. The Balaban J connectivity index is 2.58. The molecule has 0 unspecified atom stereocenters. The molecule has 2 rings (SSSR count). The maximum Gasteiger partial charge on any atom is 0.0412 e. The number of aryl methyl sites for hydroxylation is 2. The van der Waals surface area contributed by atoms with E-state index in [1.165, 1.54) is 22.3 Å². The van der Waals surface area contributed by atoms with Crippen LogP contribution in [0.1, 0.15) is 11.1 Å². The highest BCUT2D eigenvalue weighted by atomic mass is 35.5. The number of benzene rings is 2. The van der Waals surface area contributed by atoms with Crippen molar-refractivity contribution in [2.24, 2.45) is 0 Å². The Labute approximate surface area is 95.5 Å². The Morgan fingerprint density at radius 3 is 2.47 bits per heavy atom. The van der Waals surface area contributed by atoms with Gasteiger partial charge in [0.05, 0.1) is 0 Å². The van der Waals surface area contributed by atoms with Crippen molar-refractivity contribution < 1.29 is 0 Å². The Morgan fingerprint density at radius 1 is 0.933 bits per heavy atom. The van der Waals surface area contributed by atoms with Crippen molar-refractivity contribution in [1.82, 2.24) is 0 Å². The van der Waals surface area contributed by atoms with E-state index >= 15 is 0 Å². The molecule has 0 bridgehead atoms. The summed E-state index contributed by atoms with van der Waals surface area (Å²) in [6.45, 7) is 4.21. The Morgan fingerprint density at radius 2 is 1.73 bits per heavy atom. The predicted molar refractivity (Wildman–Crippen MR) is 66.4 cm³/mol. The van der Waals surface area contributed by atoms with E-state index < -0.39 is 0 Å². The van der Waals surface area contributed by atoms with Crippen LogP contribution < -0.4 is 0 Å². The predicted octanol–water partition coefficient (Wildman–Crippen LogP) is 4.62. The summed E-state index contributed by atoms with van der Waals surface area (Å²) in [5, 5.41) is 0.789. The van der Waals surface area contributed by atoms with Crippen LogP contribution in [0.2, 0.25) is 5.02 Å². The largest absolute Gasteiger partial charge is 0.0843 e. The first-order chi connectivity index (χ1) is 7.16. The second-order valence-corrected chi connectivity index (χ2v) is 4.27. The number of halogens is 1. The first kappa shape index (κ1) is 10.3. The molecule has 0 fully saturated rings. The molecule has 1 heteroatoms. The molecule has 0 saturated heterocycles. The topological polar surface area (TPSA) is 0 Å². The molecular formula is C14H13Cl. The molecule has 0 amide bonds. The van der Waals surface area contributed by atoms with E-state index in [0.29, 0.717) is 0 Å². The molecule has 76 valence electrons. The summed E-state index contributed by atoms with van der Waals surface area (Å²) >= 11 is 6.01. The van der Waals surface area contributed by atoms with Gasteiger partial charge in [-0.2, -0.15) is 0 Å². The maximum absolute atomic E-state index is 6.01. The van der Waals surface area contributed by atoms with Crippen molar-refractivity contribution in [3.63, 3.8) is 0 Å². The third-order valence-electron chi connectivity index (χ3n) is 2.53. The maximum atomic E-state index is 6.01. The number of hydrogen-bond acceptors (Lipinski definition) is 0. The van der Waals surface area contributed by atoms with Gasteiger partial charge in [0.2, 0.25) is 0 Å². The van der Waals surface area contributed by atoms with Crippen molar-refractivity contribution in [1.29, 1.82) is 0 Å². The van der Waals surface area contributed by atoms with Crippen LogP contribution in [0.5, 0.6) is 0 Å². The lowest BCUT2D eigenvalue weighted by Gasteiger charge is -2.07. The highest BCUT2D eigenvalue weighted by Crippen LogP contribution is 2.26. The van der Waals surface area contributed by atoms with Gasteiger partial charge in [-0.05, 0) is 42.7 Å². The van der Waals surface area contributed by atoms with Crippen LogP contribution in [0.25, 0.3) is 11.1 Å². The van der Waals surface area contributed by atoms with E-state index in [9.17, 15) is 0 Å². The van der Waals surface area contributed by atoms with E-state index in [4.69, 9.17) is 11.6 Å². The summed E-state index contributed by atoms with van der Waals surface area (Å²) in [6.07, 6.45) is 0. The van der Waals surface area contributed by atoms with Crippen molar-refractivity contribution in [2.45, 2.75) is 13.8 Å². The van der Waals surface area contributed by atoms with E-state index in [1.807, 2.05) is 12.1 Å². The Kier molecular flexibility index (Phi) is 2.79. The highest BCUT2D eigenvalue weighted by Gasteiger charge is 2.02.